The van der Waals surface area contributed by atoms with Crippen molar-refractivity contribution in [1.29, 1.82) is 0 Å². The second kappa shape index (κ2) is 10.1. The molecule has 0 spiro atoms. The Labute approximate surface area is 239 Å². The fraction of sp³-hybridized carbons (Fsp3) is 0.333. The number of imide groups is 1. The third kappa shape index (κ3) is 4.13. The highest BCUT2D eigenvalue weighted by molar-refractivity contribution is 6.12. The predicted octanol–water partition coefficient (Wildman–Crippen LogP) is 2.82. The van der Waals surface area contributed by atoms with Gasteiger partial charge in [0.2, 0.25) is 5.60 Å². The summed E-state index contributed by atoms with van der Waals surface area (Å²) in [6.07, 6.45) is 1.95. The number of phenolic OH excluding ortho intramolecular Hbond substituents is 1. The number of amides is 2. The number of aromatic hydroxyl groups is 1. The zero-order chi connectivity index (χ0) is 29.8. The van der Waals surface area contributed by atoms with Crippen LogP contribution in [-0.4, -0.2) is 56.6 Å². The van der Waals surface area contributed by atoms with Gasteiger partial charge in [-0.3, -0.25) is 19.3 Å². The number of carbonyl (C=O) groups excluding carboxylic acids is 4. The average Bonchev–Trinajstić information content (AvgIpc) is 3.50. The van der Waals surface area contributed by atoms with Crippen molar-refractivity contribution in [3.8, 4) is 17.1 Å². The van der Waals surface area contributed by atoms with E-state index >= 15 is 0 Å². The molecular formula is C30H27N3O9. The first-order chi connectivity index (χ1) is 20.2. The number of ether oxygens (including phenoxy) is 3. The smallest absolute Gasteiger partial charge is 0.508 e. The van der Waals surface area contributed by atoms with Crippen LogP contribution in [0.1, 0.15) is 48.9 Å². The molecule has 3 aliphatic heterocycles. The van der Waals surface area contributed by atoms with Gasteiger partial charge < -0.3 is 23.9 Å². The van der Waals surface area contributed by atoms with Crippen LogP contribution in [0.4, 0.5) is 4.79 Å². The van der Waals surface area contributed by atoms with Gasteiger partial charge in [0, 0.05) is 35.2 Å². The maximum atomic E-state index is 13.8. The lowest BCUT2D eigenvalue weighted by Gasteiger charge is -2.35. The molecular weight excluding hydrogens is 546 g/mol. The number of cyclic esters (lactones) is 1. The lowest BCUT2D eigenvalue weighted by molar-refractivity contribution is -0.175. The summed E-state index contributed by atoms with van der Waals surface area (Å²) >= 11 is 0. The Kier molecular flexibility index (Phi) is 6.55. The van der Waals surface area contributed by atoms with Crippen molar-refractivity contribution in [2.45, 2.75) is 51.9 Å². The van der Waals surface area contributed by atoms with Gasteiger partial charge in [0.05, 0.1) is 35.6 Å². The molecule has 2 amide bonds. The number of aryl methyl sites for hydroxylation is 1. The van der Waals surface area contributed by atoms with E-state index in [2.05, 4.69) is 0 Å². The Balaban J connectivity index is 1.32. The van der Waals surface area contributed by atoms with Crippen LogP contribution < -0.4 is 5.56 Å². The minimum absolute atomic E-state index is 0.0310. The number of carbonyl (C=O) groups is 4. The van der Waals surface area contributed by atoms with Crippen LogP contribution in [-0.2, 0) is 53.8 Å². The standard InChI is InChI=1S/C30H27N3O9/c1-3-17-18-12-16(34)6-7-22(18)31-26-19(17)14-33-23(26)13-21-20(27(33)37)15-41-28(38)30(21,4-2)42-29(39)40-11-5-10-32-24(35)8-9-25(32)36/h6-9,12-13,34H,3-5,10-11,14-15H2,1-2H3/t30-/m0/s1. The molecule has 3 aliphatic rings. The number of pyridine rings is 2. The molecule has 3 aromatic rings. The van der Waals surface area contributed by atoms with Gasteiger partial charge in [-0.2, -0.15) is 0 Å². The Bertz CT molecular complexity index is 1770. The first-order valence-corrected chi connectivity index (χ1v) is 13.7. The number of aromatic nitrogens is 2. The zero-order valence-electron chi connectivity index (χ0n) is 23.0. The summed E-state index contributed by atoms with van der Waals surface area (Å²) in [4.78, 5) is 69.0. The van der Waals surface area contributed by atoms with Crippen molar-refractivity contribution in [1.82, 2.24) is 14.5 Å². The molecule has 5 heterocycles. The zero-order valence-corrected chi connectivity index (χ0v) is 23.0. The monoisotopic (exact) mass is 573 g/mol. The summed E-state index contributed by atoms with van der Waals surface area (Å²) in [5, 5.41) is 10.9. The Morgan fingerprint density at radius 1 is 1.10 bits per heavy atom. The van der Waals surface area contributed by atoms with Gasteiger partial charge in [0.15, 0.2) is 0 Å². The molecule has 2 aromatic heterocycles. The van der Waals surface area contributed by atoms with Crippen LogP contribution in [0.2, 0.25) is 0 Å². The van der Waals surface area contributed by atoms with E-state index in [0.717, 1.165) is 33.6 Å². The number of benzene rings is 1. The highest BCUT2D eigenvalue weighted by Gasteiger charge is 2.51. The van der Waals surface area contributed by atoms with Crippen molar-refractivity contribution in [2.75, 3.05) is 13.2 Å². The van der Waals surface area contributed by atoms with E-state index in [9.17, 15) is 29.1 Å². The van der Waals surface area contributed by atoms with E-state index in [1.807, 2.05) is 6.92 Å². The maximum Gasteiger partial charge on any atom is 0.509 e. The van der Waals surface area contributed by atoms with Crippen LogP contribution in [0.3, 0.4) is 0 Å². The van der Waals surface area contributed by atoms with E-state index in [-0.39, 0.29) is 61.6 Å². The summed E-state index contributed by atoms with van der Waals surface area (Å²) in [5.74, 6) is -1.60. The van der Waals surface area contributed by atoms with E-state index in [0.29, 0.717) is 23.3 Å². The molecule has 0 saturated carbocycles. The van der Waals surface area contributed by atoms with Crippen molar-refractivity contribution in [2.24, 2.45) is 0 Å². The van der Waals surface area contributed by atoms with Crippen LogP contribution in [0.15, 0.2) is 41.2 Å². The molecule has 1 aromatic carbocycles. The number of hydrogen-bond donors (Lipinski definition) is 1. The van der Waals surface area contributed by atoms with E-state index in [1.54, 1.807) is 35.8 Å². The molecule has 0 fully saturated rings. The molecule has 0 radical (unpaired) electrons. The first kappa shape index (κ1) is 27.2. The van der Waals surface area contributed by atoms with E-state index in [1.165, 1.54) is 0 Å². The molecule has 0 aliphatic carbocycles. The lowest BCUT2D eigenvalue weighted by atomic mass is 9.85. The molecule has 0 saturated heterocycles. The molecule has 6 rings (SSSR count). The maximum absolute atomic E-state index is 13.8. The van der Waals surface area contributed by atoms with Crippen molar-refractivity contribution in [3.05, 3.63) is 69.0 Å². The summed E-state index contributed by atoms with van der Waals surface area (Å²) < 4.78 is 17.7. The average molecular weight is 574 g/mol. The topological polar surface area (TPSA) is 154 Å². The Hall–Kier alpha value is -5.00. The third-order valence-corrected chi connectivity index (χ3v) is 8.01. The van der Waals surface area contributed by atoms with Gasteiger partial charge in [-0.15, -0.1) is 0 Å². The number of phenols is 1. The molecule has 216 valence electrons. The molecule has 1 atom stereocenters. The van der Waals surface area contributed by atoms with Crippen LogP contribution in [0, 0.1) is 0 Å². The van der Waals surface area contributed by atoms with Crippen molar-refractivity contribution in [3.63, 3.8) is 0 Å². The number of esters is 1. The third-order valence-electron chi connectivity index (χ3n) is 8.01. The molecule has 0 unspecified atom stereocenters. The number of nitrogens with zero attached hydrogens (tertiary/aromatic N) is 3. The number of hydrogen-bond acceptors (Lipinski definition) is 10. The second-order valence-electron chi connectivity index (χ2n) is 10.3. The molecule has 0 bridgehead atoms. The van der Waals surface area contributed by atoms with E-state index < -0.39 is 29.5 Å². The molecule has 1 N–H and O–H groups in total. The fourth-order valence-corrected chi connectivity index (χ4v) is 5.91. The van der Waals surface area contributed by atoms with Crippen LogP contribution in [0.5, 0.6) is 5.75 Å². The van der Waals surface area contributed by atoms with Gasteiger partial charge in [-0.1, -0.05) is 13.8 Å². The first-order valence-electron chi connectivity index (χ1n) is 13.7. The van der Waals surface area contributed by atoms with Crippen LogP contribution in [0.25, 0.3) is 22.3 Å². The van der Waals surface area contributed by atoms with Crippen molar-refractivity contribution >= 4 is 34.8 Å². The van der Waals surface area contributed by atoms with Gasteiger partial charge in [0.1, 0.15) is 12.4 Å². The molecule has 12 nitrogen and oxygen atoms in total. The highest BCUT2D eigenvalue weighted by Crippen LogP contribution is 2.42. The van der Waals surface area contributed by atoms with Crippen LogP contribution >= 0.6 is 0 Å². The van der Waals surface area contributed by atoms with E-state index in [4.69, 9.17) is 19.2 Å². The normalized spacial score (nSPS) is 18.6. The Morgan fingerprint density at radius 2 is 1.86 bits per heavy atom. The lowest BCUT2D eigenvalue weighted by Crippen LogP contribution is -2.47. The summed E-state index contributed by atoms with van der Waals surface area (Å²) in [6, 6.07) is 6.58. The summed E-state index contributed by atoms with van der Waals surface area (Å²) in [6.45, 7) is 3.47. The minimum atomic E-state index is -1.93. The minimum Gasteiger partial charge on any atom is -0.508 e. The SMILES string of the molecule is CCc1c2c(nc3ccc(O)cc13)-c1cc3c(c(=O)n1C2)COC(=O)[C@@]3(CC)OC(=O)OCCCN1C(=O)C=CC1=O. The number of fused-ring (bicyclic) bond motifs is 5. The van der Waals surface area contributed by atoms with Gasteiger partial charge in [-0.25, -0.2) is 14.6 Å². The second-order valence-corrected chi connectivity index (χ2v) is 10.3. The van der Waals surface area contributed by atoms with Crippen molar-refractivity contribution < 1.29 is 38.5 Å². The molecule has 42 heavy (non-hydrogen) atoms. The highest BCUT2D eigenvalue weighted by atomic mass is 16.7. The van der Waals surface area contributed by atoms with Gasteiger partial charge in [0.25, 0.3) is 17.4 Å². The number of rotatable bonds is 7. The quantitative estimate of drug-likeness (QED) is 0.198. The largest absolute Gasteiger partial charge is 0.509 e. The fourth-order valence-electron chi connectivity index (χ4n) is 5.91. The van der Waals surface area contributed by atoms with Gasteiger partial charge in [-0.05, 0) is 49.1 Å². The predicted molar refractivity (Wildman–Crippen MR) is 146 cm³/mol. The molecule has 12 heteroatoms. The Morgan fingerprint density at radius 3 is 2.57 bits per heavy atom. The summed E-state index contributed by atoms with van der Waals surface area (Å²) in [5.41, 5.74) is 1.61. The summed E-state index contributed by atoms with van der Waals surface area (Å²) in [7, 11) is 0. The van der Waals surface area contributed by atoms with Gasteiger partial charge >= 0.3 is 12.1 Å².